The van der Waals surface area contributed by atoms with E-state index in [1.165, 1.54) is 12.1 Å². The van der Waals surface area contributed by atoms with Crippen LogP contribution in [0.4, 0.5) is 0 Å². The van der Waals surface area contributed by atoms with Gasteiger partial charge in [0.25, 0.3) is 0 Å². The molecule has 6 nitrogen and oxygen atoms in total. The van der Waals surface area contributed by atoms with E-state index >= 15 is 0 Å². The maximum atomic E-state index is 10.6. The lowest BCUT2D eigenvalue weighted by Crippen LogP contribution is -2.25. The quantitative estimate of drug-likeness (QED) is 0.515. The van der Waals surface area contributed by atoms with E-state index in [1.807, 2.05) is 0 Å². The van der Waals surface area contributed by atoms with Gasteiger partial charge in [-0.05, 0) is 17.7 Å². The molecule has 0 saturated carbocycles. The molecule has 0 saturated heterocycles. The first-order valence-corrected chi connectivity index (χ1v) is 4.88. The average molecular weight is 239 g/mol. The lowest BCUT2D eigenvalue weighted by Gasteiger charge is -2.17. The number of hydrogen-bond donors (Lipinski definition) is 4. The van der Waals surface area contributed by atoms with E-state index in [-0.39, 0.29) is 16.9 Å². The van der Waals surface area contributed by atoms with Gasteiger partial charge in [-0.1, -0.05) is 6.07 Å². The molecular weight excluding hydrogens is 226 g/mol. The first-order chi connectivity index (χ1) is 7.95. The van der Waals surface area contributed by atoms with E-state index in [4.69, 9.17) is 5.73 Å². The van der Waals surface area contributed by atoms with Gasteiger partial charge in [0, 0.05) is 0 Å². The van der Waals surface area contributed by atoms with Crippen molar-refractivity contribution in [3.8, 4) is 5.75 Å². The summed E-state index contributed by atoms with van der Waals surface area (Å²) in [4.78, 5) is 21.0. The van der Waals surface area contributed by atoms with Crippen molar-refractivity contribution in [1.29, 1.82) is 0 Å². The molecule has 0 aliphatic heterocycles. The van der Waals surface area contributed by atoms with Gasteiger partial charge in [-0.2, -0.15) is 0 Å². The van der Waals surface area contributed by atoms with Gasteiger partial charge >= 0.3 is 0 Å². The van der Waals surface area contributed by atoms with Crippen molar-refractivity contribution in [3.63, 3.8) is 0 Å². The maximum absolute atomic E-state index is 10.6. The van der Waals surface area contributed by atoms with Crippen molar-refractivity contribution >= 4 is 12.2 Å². The average Bonchev–Trinajstić information content (AvgIpc) is 2.27. The fraction of sp³-hybridized carbons (Fsp3) is 0.273. The Morgan fingerprint density at radius 3 is 2.53 bits per heavy atom. The number of rotatable bonds is 5. The minimum absolute atomic E-state index is 0.0744. The molecule has 2 atom stereocenters. The summed E-state index contributed by atoms with van der Waals surface area (Å²) in [6, 6.07) is 3.83. The Morgan fingerprint density at radius 2 is 2.06 bits per heavy atom. The van der Waals surface area contributed by atoms with E-state index < -0.39 is 24.5 Å². The molecule has 17 heavy (non-hydrogen) atoms. The van der Waals surface area contributed by atoms with E-state index in [0.717, 1.165) is 6.07 Å². The number of aromatic hydroxyl groups is 1. The molecule has 1 amide bonds. The van der Waals surface area contributed by atoms with Crippen LogP contribution in [0, 0.1) is 0 Å². The topological polar surface area (TPSA) is 121 Å². The number of hydrogen-bond acceptors (Lipinski definition) is 5. The Kier molecular flexibility index (Phi) is 4.19. The molecule has 92 valence electrons. The van der Waals surface area contributed by atoms with Crippen molar-refractivity contribution in [2.75, 3.05) is 0 Å². The van der Waals surface area contributed by atoms with Crippen molar-refractivity contribution in [1.82, 2.24) is 0 Å². The minimum atomic E-state index is -1.35. The number of aldehydes is 1. The number of amides is 1. The summed E-state index contributed by atoms with van der Waals surface area (Å²) >= 11 is 0. The zero-order valence-corrected chi connectivity index (χ0v) is 8.91. The van der Waals surface area contributed by atoms with Crippen LogP contribution >= 0.6 is 0 Å². The number of benzene rings is 1. The third-order valence-corrected chi connectivity index (χ3v) is 2.30. The molecule has 2 unspecified atom stereocenters. The van der Waals surface area contributed by atoms with Crippen LogP contribution < -0.4 is 5.73 Å². The Balaban J connectivity index is 2.89. The Labute approximate surface area is 97.3 Å². The first-order valence-electron chi connectivity index (χ1n) is 4.88. The number of carbonyl (C=O) groups is 2. The molecule has 0 bridgehead atoms. The number of nitrogens with two attached hydrogens (primary N) is 1. The highest BCUT2D eigenvalue weighted by atomic mass is 16.3. The summed E-state index contributed by atoms with van der Waals surface area (Å²) in [5.74, 6) is -1.05. The van der Waals surface area contributed by atoms with Gasteiger partial charge in [-0.15, -0.1) is 0 Å². The summed E-state index contributed by atoms with van der Waals surface area (Å²) in [7, 11) is 0. The van der Waals surface area contributed by atoms with E-state index in [0.29, 0.717) is 6.29 Å². The van der Waals surface area contributed by atoms with Gasteiger partial charge in [0.2, 0.25) is 5.91 Å². The molecular formula is C11H13NO5. The van der Waals surface area contributed by atoms with Crippen LogP contribution in [-0.4, -0.2) is 33.6 Å². The highest BCUT2D eigenvalue weighted by molar-refractivity contribution is 5.79. The smallest absolute Gasteiger partial charge is 0.220 e. The van der Waals surface area contributed by atoms with Crippen molar-refractivity contribution in [3.05, 3.63) is 29.3 Å². The molecule has 5 N–H and O–H groups in total. The molecule has 0 fully saturated rings. The van der Waals surface area contributed by atoms with Crippen LogP contribution in [0.15, 0.2) is 18.2 Å². The van der Waals surface area contributed by atoms with Crippen molar-refractivity contribution < 1.29 is 24.9 Å². The van der Waals surface area contributed by atoms with Crippen LogP contribution in [0.3, 0.4) is 0 Å². The SMILES string of the molecule is NC(=O)CC(O)C(O)c1ccc(C=O)c(O)c1. The normalized spacial score (nSPS) is 14.0. The Bertz CT molecular complexity index is 432. The second-order valence-electron chi connectivity index (χ2n) is 3.62. The summed E-state index contributed by atoms with van der Waals surface area (Å²) in [5.41, 5.74) is 5.15. The molecule has 1 rings (SSSR count). The van der Waals surface area contributed by atoms with Gasteiger partial charge in [0.1, 0.15) is 11.9 Å². The molecule has 0 aromatic heterocycles. The molecule has 6 heteroatoms. The van der Waals surface area contributed by atoms with E-state index in [1.54, 1.807) is 0 Å². The summed E-state index contributed by atoms with van der Waals surface area (Å²) in [6.45, 7) is 0. The summed E-state index contributed by atoms with van der Waals surface area (Å²) < 4.78 is 0. The standard InChI is InChI=1S/C11H13NO5/c12-10(16)4-9(15)11(17)6-1-2-7(5-13)8(14)3-6/h1-3,5,9,11,14-15,17H,4H2,(H2,12,16). The fourth-order valence-corrected chi connectivity index (χ4v) is 1.38. The van der Waals surface area contributed by atoms with E-state index in [2.05, 4.69) is 0 Å². The highest BCUT2D eigenvalue weighted by Crippen LogP contribution is 2.24. The fourth-order valence-electron chi connectivity index (χ4n) is 1.38. The largest absolute Gasteiger partial charge is 0.507 e. The third-order valence-electron chi connectivity index (χ3n) is 2.30. The maximum Gasteiger partial charge on any atom is 0.220 e. The molecule has 1 aromatic carbocycles. The first kappa shape index (κ1) is 13.1. The van der Waals surface area contributed by atoms with Crippen molar-refractivity contribution in [2.24, 2.45) is 5.73 Å². The molecule has 0 aliphatic rings. The third kappa shape index (κ3) is 3.27. The second kappa shape index (κ2) is 5.42. The van der Waals surface area contributed by atoms with Crippen LogP contribution in [0.25, 0.3) is 0 Å². The Morgan fingerprint density at radius 1 is 1.41 bits per heavy atom. The van der Waals surface area contributed by atoms with Gasteiger partial charge in [-0.25, -0.2) is 0 Å². The van der Waals surface area contributed by atoms with Gasteiger partial charge in [0.15, 0.2) is 6.29 Å². The number of phenolic OH excluding ortho intramolecular Hbond substituents is 1. The van der Waals surface area contributed by atoms with Crippen LogP contribution in [-0.2, 0) is 4.79 Å². The zero-order valence-electron chi connectivity index (χ0n) is 8.91. The number of phenols is 1. The second-order valence-corrected chi connectivity index (χ2v) is 3.62. The lowest BCUT2D eigenvalue weighted by molar-refractivity contribution is -0.121. The van der Waals surface area contributed by atoms with Crippen LogP contribution in [0.5, 0.6) is 5.75 Å². The monoisotopic (exact) mass is 239 g/mol. The number of aliphatic hydroxyl groups is 2. The summed E-state index contributed by atoms with van der Waals surface area (Å²) in [5, 5.41) is 28.5. The van der Waals surface area contributed by atoms with Gasteiger partial charge in [0.05, 0.1) is 18.1 Å². The lowest BCUT2D eigenvalue weighted by atomic mass is 10.0. The predicted octanol–water partition coefficient (Wildman–Crippen LogP) is -0.526. The Hall–Kier alpha value is -1.92. The van der Waals surface area contributed by atoms with Crippen LogP contribution in [0.2, 0.25) is 0 Å². The van der Waals surface area contributed by atoms with Crippen molar-refractivity contribution in [2.45, 2.75) is 18.6 Å². The van der Waals surface area contributed by atoms with Gasteiger partial charge < -0.3 is 21.1 Å². The molecule has 0 aliphatic carbocycles. The number of carbonyl (C=O) groups excluding carboxylic acids is 2. The van der Waals surface area contributed by atoms with Gasteiger partial charge in [-0.3, -0.25) is 9.59 Å². The zero-order chi connectivity index (χ0) is 13.0. The molecule has 0 heterocycles. The minimum Gasteiger partial charge on any atom is -0.507 e. The van der Waals surface area contributed by atoms with E-state index in [9.17, 15) is 24.9 Å². The molecule has 0 spiro atoms. The van der Waals surface area contributed by atoms with Crippen LogP contribution in [0.1, 0.15) is 28.4 Å². The highest BCUT2D eigenvalue weighted by Gasteiger charge is 2.21. The summed E-state index contributed by atoms with van der Waals surface area (Å²) in [6.07, 6.45) is -2.63. The number of aliphatic hydroxyl groups excluding tert-OH is 2. The molecule has 1 aromatic rings. The number of primary amides is 1. The predicted molar refractivity (Wildman–Crippen MR) is 58.3 cm³/mol. The molecule has 0 radical (unpaired) electrons.